The molecule has 2 unspecified atom stereocenters. The van der Waals surface area contributed by atoms with Crippen LogP contribution in [0.25, 0.3) is 0 Å². The number of benzene rings is 1. The summed E-state index contributed by atoms with van der Waals surface area (Å²) in [6.07, 6.45) is -2.06. The number of carbonyl (C=O) groups excluding carboxylic acids is 1. The van der Waals surface area contributed by atoms with Crippen molar-refractivity contribution in [2.24, 2.45) is 0 Å². The van der Waals surface area contributed by atoms with Gasteiger partial charge >= 0.3 is 6.09 Å². The maximum absolute atomic E-state index is 11.8. The number of aliphatic hydroxyl groups is 2. The lowest BCUT2D eigenvalue weighted by atomic mass is 10.1. The Kier molecular flexibility index (Phi) is 6.40. The molecule has 0 fully saturated rings. The van der Waals surface area contributed by atoms with Crippen molar-refractivity contribution in [1.82, 2.24) is 9.80 Å². The standard InChI is InChI=1S/C18H28N2O5/c1-18(2,3)25-17(23)19(4)9-11-24-12-10-20-15(21)13-7-5-6-8-14(13)16(20)22/h5-8,15-16,21-22H,9-12H2,1-4H3. The zero-order chi connectivity index (χ0) is 18.6. The minimum atomic E-state index is -0.834. The highest BCUT2D eigenvalue weighted by Crippen LogP contribution is 2.38. The lowest BCUT2D eigenvalue weighted by Gasteiger charge is -2.25. The van der Waals surface area contributed by atoms with Gasteiger partial charge in [-0.25, -0.2) is 9.69 Å². The van der Waals surface area contributed by atoms with Crippen molar-refractivity contribution in [3.05, 3.63) is 35.4 Å². The van der Waals surface area contributed by atoms with Gasteiger partial charge in [0.2, 0.25) is 0 Å². The van der Waals surface area contributed by atoms with Gasteiger partial charge in [-0.3, -0.25) is 0 Å². The van der Waals surface area contributed by atoms with Crippen molar-refractivity contribution in [2.75, 3.05) is 33.4 Å². The van der Waals surface area contributed by atoms with Gasteiger partial charge in [-0.05, 0) is 20.8 Å². The van der Waals surface area contributed by atoms with E-state index < -0.39 is 24.2 Å². The van der Waals surface area contributed by atoms with Crippen molar-refractivity contribution in [3.63, 3.8) is 0 Å². The number of amides is 1. The number of rotatable bonds is 6. The van der Waals surface area contributed by atoms with Crippen LogP contribution in [0.5, 0.6) is 0 Å². The predicted octanol–water partition coefficient (Wildman–Crippen LogP) is 1.87. The van der Waals surface area contributed by atoms with E-state index in [-0.39, 0.29) is 0 Å². The molecule has 7 heteroatoms. The molecular formula is C18H28N2O5. The van der Waals surface area contributed by atoms with E-state index in [1.807, 2.05) is 32.9 Å². The number of ether oxygens (including phenoxy) is 2. The summed E-state index contributed by atoms with van der Waals surface area (Å²) in [6.45, 7) is 6.93. The van der Waals surface area contributed by atoms with Gasteiger partial charge in [0.05, 0.1) is 13.2 Å². The molecule has 1 aliphatic rings. The normalized spacial score (nSPS) is 20.4. The maximum atomic E-state index is 11.8. The molecule has 140 valence electrons. The SMILES string of the molecule is CN(CCOCCN1C(O)c2ccccc2C1O)C(=O)OC(C)(C)C. The summed E-state index contributed by atoms with van der Waals surface area (Å²) in [7, 11) is 1.65. The summed E-state index contributed by atoms with van der Waals surface area (Å²) in [5.41, 5.74) is 0.919. The molecule has 0 saturated carbocycles. The molecule has 1 aromatic rings. The molecule has 0 radical (unpaired) electrons. The summed E-state index contributed by atoms with van der Waals surface area (Å²) in [5, 5.41) is 20.6. The Morgan fingerprint density at radius 2 is 1.72 bits per heavy atom. The van der Waals surface area contributed by atoms with Gasteiger partial charge in [-0.15, -0.1) is 0 Å². The molecule has 2 atom stereocenters. The molecule has 25 heavy (non-hydrogen) atoms. The second-order valence-corrected chi connectivity index (χ2v) is 7.13. The lowest BCUT2D eigenvalue weighted by molar-refractivity contribution is -0.0944. The maximum Gasteiger partial charge on any atom is 0.410 e. The quantitative estimate of drug-likeness (QED) is 0.761. The molecule has 0 bridgehead atoms. The molecule has 2 rings (SSSR count). The van der Waals surface area contributed by atoms with Crippen LogP contribution in [0.15, 0.2) is 24.3 Å². The molecule has 7 nitrogen and oxygen atoms in total. The third-order valence-corrected chi connectivity index (χ3v) is 3.95. The summed E-state index contributed by atoms with van der Waals surface area (Å²) in [6, 6.07) is 7.28. The van der Waals surface area contributed by atoms with Gasteiger partial charge in [0, 0.05) is 31.3 Å². The van der Waals surface area contributed by atoms with Crippen LogP contribution < -0.4 is 0 Å². The van der Waals surface area contributed by atoms with E-state index in [1.165, 1.54) is 4.90 Å². The second-order valence-electron chi connectivity index (χ2n) is 7.13. The first-order valence-corrected chi connectivity index (χ1v) is 8.43. The minimum Gasteiger partial charge on any atom is -0.444 e. The van der Waals surface area contributed by atoms with E-state index in [4.69, 9.17) is 9.47 Å². The van der Waals surface area contributed by atoms with Crippen LogP contribution in [-0.2, 0) is 9.47 Å². The van der Waals surface area contributed by atoms with Crippen LogP contribution in [0, 0.1) is 0 Å². The Hall–Kier alpha value is -1.67. The smallest absolute Gasteiger partial charge is 0.410 e. The van der Waals surface area contributed by atoms with Crippen LogP contribution in [0.3, 0.4) is 0 Å². The van der Waals surface area contributed by atoms with Gasteiger partial charge in [0.1, 0.15) is 18.1 Å². The van der Waals surface area contributed by atoms with Crippen LogP contribution in [0.4, 0.5) is 4.79 Å². The zero-order valence-corrected chi connectivity index (χ0v) is 15.3. The average molecular weight is 352 g/mol. The van der Waals surface area contributed by atoms with Gasteiger partial charge in [0.25, 0.3) is 0 Å². The number of hydrogen-bond donors (Lipinski definition) is 2. The Labute approximate surface area is 148 Å². The molecule has 0 aliphatic carbocycles. The van der Waals surface area contributed by atoms with Gasteiger partial charge in [0.15, 0.2) is 0 Å². The van der Waals surface area contributed by atoms with Crippen LogP contribution in [0.2, 0.25) is 0 Å². The third kappa shape index (κ3) is 5.15. The fourth-order valence-corrected chi connectivity index (χ4v) is 2.62. The van der Waals surface area contributed by atoms with Crippen molar-refractivity contribution < 1.29 is 24.5 Å². The number of fused-ring (bicyclic) bond motifs is 1. The fraction of sp³-hybridized carbons (Fsp3) is 0.611. The first-order chi connectivity index (χ1) is 11.7. The molecule has 1 amide bonds. The van der Waals surface area contributed by atoms with E-state index in [2.05, 4.69) is 0 Å². The molecule has 1 aliphatic heterocycles. The fourth-order valence-electron chi connectivity index (χ4n) is 2.62. The van der Waals surface area contributed by atoms with Crippen molar-refractivity contribution in [3.8, 4) is 0 Å². The summed E-state index contributed by atoms with van der Waals surface area (Å²) >= 11 is 0. The van der Waals surface area contributed by atoms with Crippen LogP contribution in [-0.4, -0.2) is 65.1 Å². The minimum absolute atomic E-state index is 0.338. The van der Waals surface area contributed by atoms with Crippen LogP contribution in [0.1, 0.15) is 44.4 Å². The monoisotopic (exact) mass is 352 g/mol. The highest BCUT2D eigenvalue weighted by atomic mass is 16.6. The van der Waals surface area contributed by atoms with Crippen molar-refractivity contribution >= 4 is 6.09 Å². The molecule has 0 saturated heterocycles. The largest absolute Gasteiger partial charge is 0.444 e. The highest BCUT2D eigenvalue weighted by Gasteiger charge is 2.35. The molecule has 0 spiro atoms. The number of likely N-dealkylation sites (N-methyl/N-ethyl adjacent to an activating group) is 1. The van der Waals surface area contributed by atoms with E-state index >= 15 is 0 Å². The number of hydrogen-bond acceptors (Lipinski definition) is 6. The average Bonchev–Trinajstić information content (AvgIpc) is 2.78. The van der Waals surface area contributed by atoms with Gasteiger partial charge in [-0.2, -0.15) is 0 Å². The summed E-state index contributed by atoms with van der Waals surface area (Å²) in [4.78, 5) is 14.8. The van der Waals surface area contributed by atoms with Crippen LogP contribution >= 0.6 is 0 Å². The second kappa shape index (κ2) is 8.14. The van der Waals surface area contributed by atoms with Crippen molar-refractivity contribution in [1.29, 1.82) is 0 Å². The number of nitrogens with zero attached hydrogens (tertiary/aromatic N) is 2. The Morgan fingerprint density at radius 1 is 1.16 bits per heavy atom. The molecule has 2 N–H and O–H groups in total. The molecule has 0 aromatic heterocycles. The van der Waals surface area contributed by atoms with E-state index in [1.54, 1.807) is 24.1 Å². The summed E-state index contributed by atoms with van der Waals surface area (Å²) < 4.78 is 10.8. The first kappa shape index (κ1) is 19.7. The molecule has 1 heterocycles. The van der Waals surface area contributed by atoms with E-state index in [9.17, 15) is 15.0 Å². The third-order valence-electron chi connectivity index (χ3n) is 3.95. The Balaban J connectivity index is 1.70. The summed E-state index contributed by atoms with van der Waals surface area (Å²) in [5.74, 6) is 0. The van der Waals surface area contributed by atoms with E-state index in [0.29, 0.717) is 26.3 Å². The van der Waals surface area contributed by atoms with Crippen molar-refractivity contribution in [2.45, 2.75) is 38.8 Å². The Morgan fingerprint density at radius 3 is 2.24 bits per heavy atom. The predicted molar refractivity (Wildman–Crippen MR) is 92.8 cm³/mol. The molecule has 1 aromatic carbocycles. The van der Waals surface area contributed by atoms with Gasteiger partial charge in [-0.1, -0.05) is 24.3 Å². The highest BCUT2D eigenvalue weighted by molar-refractivity contribution is 5.67. The van der Waals surface area contributed by atoms with E-state index in [0.717, 1.165) is 11.1 Å². The number of carbonyl (C=O) groups is 1. The van der Waals surface area contributed by atoms with Gasteiger partial charge < -0.3 is 24.6 Å². The topological polar surface area (TPSA) is 82.5 Å². The number of aliphatic hydroxyl groups excluding tert-OH is 2. The molecular weight excluding hydrogens is 324 g/mol. The zero-order valence-electron chi connectivity index (χ0n) is 15.3. The first-order valence-electron chi connectivity index (χ1n) is 8.43. The lowest BCUT2D eigenvalue weighted by Crippen LogP contribution is -2.36. The Bertz CT molecular complexity index is 558.